The number of azo groups is 1. The van der Waals surface area contributed by atoms with Crippen molar-refractivity contribution in [2.45, 2.75) is 13.1 Å². The Morgan fingerprint density at radius 3 is 2.40 bits per heavy atom. The Balaban J connectivity index is 2.82. The fourth-order valence-electron chi connectivity index (χ4n) is 1.15. The van der Waals surface area contributed by atoms with Crippen molar-refractivity contribution in [3.8, 4) is 0 Å². The number of esters is 1. The summed E-state index contributed by atoms with van der Waals surface area (Å²) in [6.45, 7) is 1.66. The smallest absolute Gasteiger partial charge is 0.416 e. The molecule has 1 N–H and O–H groups in total. The Kier molecular flexibility index (Phi) is 5.24. The molecule has 0 radical (unpaired) electrons. The fraction of sp³-hybridized carbons (Fsp3) is 0.250. The first kappa shape index (κ1) is 15.7. The molecular formula is C12H11F3N2O3. The molecule has 0 aromatic heterocycles. The van der Waals surface area contributed by atoms with Crippen molar-refractivity contribution in [3.63, 3.8) is 0 Å². The molecule has 1 rings (SSSR count). The second-order valence-corrected chi connectivity index (χ2v) is 3.48. The second-order valence-electron chi connectivity index (χ2n) is 3.48. The minimum Gasteiger partial charge on any atom is -0.513 e. The predicted octanol–water partition coefficient (Wildman–Crippen LogP) is 3.75. The second kappa shape index (κ2) is 6.69. The molecule has 0 unspecified atom stereocenters. The third-order valence-corrected chi connectivity index (χ3v) is 2.07. The minimum atomic E-state index is -4.43. The van der Waals surface area contributed by atoms with Crippen LogP contribution >= 0.6 is 0 Å². The van der Waals surface area contributed by atoms with Crippen molar-refractivity contribution in [1.82, 2.24) is 0 Å². The summed E-state index contributed by atoms with van der Waals surface area (Å²) in [5.74, 6) is -0.884. The van der Waals surface area contributed by atoms with Gasteiger partial charge in [-0.05, 0) is 31.2 Å². The van der Waals surface area contributed by atoms with Gasteiger partial charge in [0, 0.05) is 0 Å². The minimum absolute atomic E-state index is 0.0893. The highest BCUT2D eigenvalue weighted by Crippen LogP contribution is 2.30. The highest BCUT2D eigenvalue weighted by molar-refractivity contribution is 5.87. The lowest BCUT2D eigenvalue weighted by molar-refractivity contribution is -0.139. The molecule has 8 heteroatoms. The van der Waals surface area contributed by atoms with E-state index in [0.717, 1.165) is 24.3 Å². The zero-order valence-electron chi connectivity index (χ0n) is 10.4. The summed E-state index contributed by atoms with van der Waals surface area (Å²) in [4.78, 5) is 11.2. The Hall–Kier alpha value is -2.38. The van der Waals surface area contributed by atoms with E-state index in [0.29, 0.717) is 6.26 Å². The summed E-state index contributed by atoms with van der Waals surface area (Å²) in [5.41, 5.74) is -1.17. The number of hydrogen-bond acceptors (Lipinski definition) is 5. The number of hydrogen-bond donors (Lipinski definition) is 1. The van der Waals surface area contributed by atoms with Crippen LogP contribution < -0.4 is 0 Å². The molecule has 1 aromatic rings. The molecule has 0 amide bonds. The van der Waals surface area contributed by atoms with Gasteiger partial charge in [0.25, 0.3) is 0 Å². The highest BCUT2D eigenvalue weighted by Gasteiger charge is 2.29. The lowest BCUT2D eigenvalue weighted by Crippen LogP contribution is -2.05. The van der Waals surface area contributed by atoms with E-state index in [1.54, 1.807) is 6.92 Å². The van der Waals surface area contributed by atoms with Crippen molar-refractivity contribution >= 4 is 11.7 Å². The van der Waals surface area contributed by atoms with Crippen LogP contribution in [0.4, 0.5) is 18.9 Å². The van der Waals surface area contributed by atoms with E-state index in [-0.39, 0.29) is 12.3 Å². The third kappa shape index (κ3) is 4.38. The van der Waals surface area contributed by atoms with Gasteiger partial charge in [0.15, 0.2) is 0 Å². The van der Waals surface area contributed by atoms with Crippen molar-refractivity contribution in [1.29, 1.82) is 0 Å². The lowest BCUT2D eigenvalue weighted by Gasteiger charge is -2.05. The number of aliphatic hydroxyl groups is 1. The molecule has 0 spiro atoms. The molecule has 0 aliphatic carbocycles. The topological polar surface area (TPSA) is 71.2 Å². The van der Waals surface area contributed by atoms with Gasteiger partial charge < -0.3 is 9.84 Å². The van der Waals surface area contributed by atoms with Gasteiger partial charge >= 0.3 is 12.1 Å². The molecular weight excluding hydrogens is 277 g/mol. The van der Waals surface area contributed by atoms with Gasteiger partial charge in [0.1, 0.15) is 6.26 Å². The third-order valence-electron chi connectivity index (χ3n) is 2.07. The van der Waals surface area contributed by atoms with Gasteiger partial charge in [0.05, 0.1) is 17.9 Å². The molecule has 20 heavy (non-hydrogen) atoms. The Morgan fingerprint density at radius 2 is 1.95 bits per heavy atom. The van der Waals surface area contributed by atoms with E-state index in [1.807, 2.05) is 0 Å². The monoisotopic (exact) mass is 288 g/mol. The molecule has 0 bridgehead atoms. The largest absolute Gasteiger partial charge is 0.513 e. The maximum Gasteiger partial charge on any atom is 0.416 e. The van der Waals surface area contributed by atoms with Gasteiger partial charge in [0.2, 0.25) is 5.70 Å². The summed E-state index contributed by atoms with van der Waals surface area (Å²) >= 11 is 0. The number of halogens is 3. The van der Waals surface area contributed by atoms with Crippen molar-refractivity contribution in [2.24, 2.45) is 10.2 Å². The zero-order chi connectivity index (χ0) is 15.2. The number of alkyl halides is 3. The van der Waals surface area contributed by atoms with Crippen LogP contribution in [0.25, 0.3) is 0 Å². The van der Waals surface area contributed by atoms with Gasteiger partial charge in [-0.15, -0.1) is 5.11 Å². The molecule has 0 saturated carbocycles. The SMILES string of the molecule is CCOC(=O)/C(=C\O)N=Nc1ccc(C(F)(F)F)cc1. The predicted molar refractivity (Wildman–Crippen MR) is 63.3 cm³/mol. The van der Waals surface area contributed by atoms with Crippen LogP contribution in [-0.2, 0) is 15.7 Å². The summed E-state index contributed by atoms with van der Waals surface area (Å²) in [6.07, 6.45) is -4.03. The van der Waals surface area contributed by atoms with Crippen LogP contribution in [0.3, 0.4) is 0 Å². The molecule has 108 valence electrons. The van der Waals surface area contributed by atoms with E-state index < -0.39 is 23.4 Å². The van der Waals surface area contributed by atoms with Crippen LogP contribution in [0.15, 0.2) is 46.5 Å². The zero-order valence-corrected chi connectivity index (χ0v) is 10.4. The standard InChI is InChI=1S/C12H11F3N2O3/c1-2-20-11(19)10(7-18)17-16-9-5-3-8(4-6-9)12(13,14)15/h3-7,18H,2H2,1H3/b10-7+,17-16?. The van der Waals surface area contributed by atoms with E-state index in [9.17, 15) is 18.0 Å². The molecule has 0 aliphatic rings. The summed E-state index contributed by atoms with van der Waals surface area (Å²) in [7, 11) is 0. The molecule has 0 heterocycles. The van der Waals surface area contributed by atoms with Crippen LogP contribution in [-0.4, -0.2) is 17.7 Å². The average molecular weight is 288 g/mol. The Bertz CT molecular complexity index is 522. The normalized spacial score (nSPS) is 12.7. The number of rotatable bonds is 4. The maximum atomic E-state index is 12.3. The number of nitrogens with zero attached hydrogens (tertiary/aromatic N) is 2. The number of benzene rings is 1. The van der Waals surface area contributed by atoms with E-state index >= 15 is 0 Å². The fourth-order valence-corrected chi connectivity index (χ4v) is 1.15. The molecule has 0 fully saturated rings. The van der Waals surface area contributed by atoms with Crippen molar-refractivity contribution in [2.75, 3.05) is 6.61 Å². The molecule has 0 saturated heterocycles. The summed E-state index contributed by atoms with van der Waals surface area (Å²) < 4.78 is 41.5. The lowest BCUT2D eigenvalue weighted by atomic mass is 10.2. The van der Waals surface area contributed by atoms with Gasteiger partial charge in [-0.2, -0.15) is 18.3 Å². The van der Waals surface area contributed by atoms with Crippen LogP contribution in [0.2, 0.25) is 0 Å². The Morgan fingerprint density at radius 1 is 1.35 bits per heavy atom. The average Bonchev–Trinajstić information content (AvgIpc) is 2.39. The number of ether oxygens (including phenoxy) is 1. The number of aliphatic hydroxyl groups excluding tert-OH is 1. The van der Waals surface area contributed by atoms with E-state index in [4.69, 9.17) is 5.11 Å². The summed E-state index contributed by atoms with van der Waals surface area (Å²) in [6, 6.07) is 3.85. The van der Waals surface area contributed by atoms with E-state index in [1.165, 1.54) is 0 Å². The highest BCUT2D eigenvalue weighted by atomic mass is 19.4. The van der Waals surface area contributed by atoms with Gasteiger partial charge in [-0.3, -0.25) is 0 Å². The van der Waals surface area contributed by atoms with Crippen LogP contribution in [0, 0.1) is 0 Å². The maximum absolute atomic E-state index is 12.3. The first-order valence-electron chi connectivity index (χ1n) is 5.49. The molecule has 0 atom stereocenters. The van der Waals surface area contributed by atoms with Crippen molar-refractivity contribution in [3.05, 3.63) is 41.8 Å². The quantitative estimate of drug-likeness (QED) is 0.397. The van der Waals surface area contributed by atoms with Gasteiger partial charge in [-0.25, -0.2) is 4.79 Å². The molecule has 0 aliphatic heterocycles. The molecule has 1 aromatic carbocycles. The Labute approximate surface area is 112 Å². The molecule has 5 nitrogen and oxygen atoms in total. The number of carbonyl (C=O) groups is 1. The number of carbonyl (C=O) groups excluding carboxylic acids is 1. The summed E-state index contributed by atoms with van der Waals surface area (Å²) in [5, 5.41) is 15.7. The first-order valence-corrected chi connectivity index (χ1v) is 5.49. The van der Waals surface area contributed by atoms with Crippen LogP contribution in [0.1, 0.15) is 12.5 Å². The van der Waals surface area contributed by atoms with E-state index in [2.05, 4.69) is 15.0 Å². The first-order chi connectivity index (χ1) is 9.38. The van der Waals surface area contributed by atoms with Crippen molar-refractivity contribution < 1.29 is 27.8 Å². The van der Waals surface area contributed by atoms with Crippen LogP contribution in [0.5, 0.6) is 0 Å². The van der Waals surface area contributed by atoms with Gasteiger partial charge in [-0.1, -0.05) is 0 Å².